The maximum Gasteiger partial charge on any atom is 0.339 e. The highest BCUT2D eigenvalue weighted by Crippen LogP contribution is 2.25. The smallest absolute Gasteiger partial charge is 0.339 e. The Balaban J connectivity index is 1.74. The molecule has 156 valence electrons. The van der Waals surface area contributed by atoms with Gasteiger partial charge in [-0.2, -0.15) is 0 Å². The summed E-state index contributed by atoms with van der Waals surface area (Å²) in [5, 5.41) is 3.51. The van der Waals surface area contributed by atoms with Crippen molar-refractivity contribution in [2.45, 2.75) is 31.4 Å². The van der Waals surface area contributed by atoms with Crippen LogP contribution < -0.4 is 10.9 Å². The van der Waals surface area contributed by atoms with Gasteiger partial charge in [-0.3, -0.25) is 4.79 Å². The van der Waals surface area contributed by atoms with Crippen molar-refractivity contribution in [2.75, 3.05) is 5.75 Å². The number of benzene rings is 2. The van der Waals surface area contributed by atoms with E-state index < -0.39 is 11.6 Å². The van der Waals surface area contributed by atoms with Gasteiger partial charge in [0.2, 0.25) is 5.91 Å². The van der Waals surface area contributed by atoms with Crippen LogP contribution in [0.2, 0.25) is 0 Å². The fraction of sp³-hybridized carbons (Fsp3) is 0.227. The second-order valence-electron chi connectivity index (χ2n) is 6.81. The molecule has 6 nitrogen and oxygen atoms in total. The molecule has 0 atom stereocenters. The predicted octanol–water partition coefficient (Wildman–Crippen LogP) is 4.53. The SMILES string of the molecule is CC(C)NC(=O)CSc1ccccc1C(=O)OCc1cc(=O)oc2cc(Br)ccc12. The van der Waals surface area contributed by atoms with E-state index in [1.54, 1.807) is 36.4 Å². The first-order chi connectivity index (χ1) is 14.3. The Morgan fingerprint density at radius 1 is 1.17 bits per heavy atom. The summed E-state index contributed by atoms with van der Waals surface area (Å²) >= 11 is 4.61. The summed E-state index contributed by atoms with van der Waals surface area (Å²) in [6.45, 7) is 3.70. The number of carbonyl (C=O) groups excluding carboxylic acids is 2. The molecule has 0 radical (unpaired) electrons. The Morgan fingerprint density at radius 2 is 1.93 bits per heavy atom. The number of carbonyl (C=O) groups is 2. The van der Waals surface area contributed by atoms with Gasteiger partial charge in [0, 0.05) is 32.4 Å². The summed E-state index contributed by atoms with van der Waals surface area (Å²) in [6.07, 6.45) is 0. The van der Waals surface area contributed by atoms with E-state index in [1.165, 1.54) is 17.8 Å². The average Bonchev–Trinajstić information content (AvgIpc) is 2.69. The zero-order valence-corrected chi connectivity index (χ0v) is 18.8. The van der Waals surface area contributed by atoms with Crippen LogP contribution in [0.25, 0.3) is 11.0 Å². The van der Waals surface area contributed by atoms with Crippen molar-refractivity contribution >= 4 is 50.5 Å². The van der Waals surface area contributed by atoms with Crippen molar-refractivity contribution in [3.05, 3.63) is 74.6 Å². The van der Waals surface area contributed by atoms with E-state index in [2.05, 4.69) is 21.2 Å². The van der Waals surface area contributed by atoms with Crippen LogP contribution in [0.15, 0.2) is 67.1 Å². The zero-order valence-electron chi connectivity index (χ0n) is 16.4. The molecule has 0 spiro atoms. The van der Waals surface area contributed by atoms with E-state index in [4.69, 9.17) is 9.15 Å². The first-order valence-electron chi connectivity index (χ1n) is 9.24. The number of halogens is 1. The minimum atomic E-state index is -0.527. The summed E-state index contributed by atoms with van der Waals surface area (Å²) in [6, 6.07) is 13.6. The van der Waals surface area contributed by atoms with E-state index in [0.717, 1.165) is 4.47 Å². The van der Waals surface area contributed by atoms with Gasteiger partial charge in [0.1, 0.15) is 12.2 Å². The second-order valence-corrected chi connectivity index (χ2v) is 8.75. The van der Waals surface area contributed by atoms with E-state index in [0.29, 0.717) is 27.0 Å². The van der Waals surface area contributed by atoms with Crippen LogP contribution in [0.3, 0.4) is 0 Å². The zero-order chi connectivity index (χ0) is 21.7. The highest BCUT2D eigenvalue weighted by Gasteiger charge is 2.16. The molecule has 0 saturated carbocycles. The lowest BCUT2D eigenvalue weighted by Gasteiger charge is -2.11. The van der Waals surface area contributed by atoms with Gasteiger partial charge in [0.05, 0.1) is 11.3 Å². The monoisotopic (exact) mass is 489 g/mol. The Kier molecular flexibility index (Phi) is 7.33. The summed E-state index contributed by atoms with van der Waals surface area (Å²) in [4.78, 5) is 37.1. The third kappa shape index (κ3) is 5.73. The van der Waals surface area contributed by atoms with Gasteiger partial charge in [0.15, 0.2) is 0 Å². The molecule has 0 bridgehead atoms. The minimum absolute atomic E-state index is 0.0530. The van der Waals surface area contributed by atoms with Gasteiger partial charge >= 0.3 is 11.6 Å². The molecule has 0 unspecified atom stereocenters. The fourth-order valence-corrected chi connectivity index (χ4v) is 4.00. The molecule has 0 aliphatic carbocycles. The first kappa shape index (κ1) is 22.1. The largest absolute Gasteiger partial charge is 0.457 e. The van der Waals surface area contributed by atoms with Crippen molar-refractivity contribution in [1.82, 2.24) is 5.32 Å². The number of esters is 1. The molecule has 0 saturated heterocycles. The Bertz CT molecular complexity index is 1140. The molecule has 30 heavy (non-hydrogen) atoms. The first-order valence-corrected chi connectivity index (χ1v) is 11.0. The number of rotatable bonds is 7. The Labute approximate surface area is 186 Å². The molecule has 1 N–H and O–H groups in total. The van der Waals surface area contributed by atoms with Crippen LogP contribution in [0.5, 0.6) is 0 Å². The number of ether oxygens (including phenoxy) is 1. The van der Waals surface area contributed by atoms with Crippen LogP contribution in [0.4, 0.5) is 0 Å². The van der Waals surface area contributed by atoms with Crippen molar-refractivity contribution in [3.63, 3.8) is 0 Å². The number of amides is 1. The molecule has 1 heterocycles. The predicted molar refractivity (Wildman–Crippen MR) is 120 cm³/mol. The number of hydrogen-bond acceptors (Lipinski definition) is 6. The van der Waals surface area contributed by atoms with Gasteiger partial charge in [-0.1, -0.05) is 28.1 Å². The third-order valence-corrected chi connectivity index (χ3v) is 5.63. The summed E-state index contributed by atoms with van der Waals surface area (Å²) in [5.41, 5.74) is 0.826. The van der Waals surface area contributed by atoms with Gasteiger partial charge in [0.25, 0.3) is 0 Å². The molecule has 0 aliphatic rings. The van der Waals surface area contributed by atoms with E-state index in [1.807, 2.05) is 19.9 Å². The molecule has 1 amide bonds. The molecular formula is C22H20BrNO5S. The van der Waals surface area contributed by atoms with Crippen LogP contribution in [-0.4, -0.2) is 23.7 Å². The molecule has 1 aromatic heterocycles. The van der Waals surface area contributed by atoms with Crippen molar-refractivity contribution in [1.29, 1.82) is 0 Å². The Hall–Kier alpha value is -2.58. The molecular weight excluding hydrogens is 470 g/mol. The highest BCUT2D eigenvalue weighted by molar-refractivity contribution is 9.10. The molecule has 8 heteroatoms. The van der Waals surface area contributed by atoms with Crippen LogP contribution in [-0.2, 0) is 16.1 Å². The van der Waals surface area contributed by atoms with E-state index in [9.17, 15) is 14.4 Å². The third-order valence-electron chi connectivity index (χ3n) is 4.07. The lowest BCUT2D eigenvalue weighted by atomic mass is 10.1. The van der Waals surface area contributed by atoms with Gasteiger partial charge in [-0.25, -0.2) is 9.59 Å². The maximum atomic E-state index is 12.7. The topological polar surface area (TPSA) is 85.6 Å². The van der Waals surface area contributed by atoms with Crippen LogP contribution in [0.1, 0.15) is 29.8 Å². The molecule has 3 aromatic rings. The molecule has 2 aromatic carbocycles. The fourth-order valence-electron chi connectivity index (χ4n) is 2.81. The molecule has 0 aliphatic heterocycles. The number of hydrogen-bond donors (Lipinski definition) is 1. The van der Waals surface area contributed by atoms with Crippen molar-refractivity contribution in [3.8, 4) is 0 Å². The number of thioether (sulfide) groups is 1. The van der Waals surface area contributed by atoms with E-state index in [-0.39, 0.29) is 24.3 Å². The number of fused-ring (bicyclic) bond motifs is 1. The minimum Gasteiger partial charge on any atom is -0.457 e. The van der Waals surface area contributed by atoms with E-state index >= 15 is 0 Å². The van der Waals surface area contributed by atoms with Gasteiger partial charge < -0.3 is 14.5 Å². The Morgan fingerprint density at radius 3 is 2.70 bits per heavy atom. The second kappa shape index (κ2) is 9.95. The normalized spacial score (nSPS) is 10.9. The lowest BCUT2D eigenvalue weighted by Crippen LogP contribution is -2.31. The van der Waals surface area contributed by atoms with Crippen LogP contribution >= 0.6 is 27.7 Å². The summed E-state index contributed by atoms with van der Waals surface area (Å²) < 4.78 is 11.5. The van der Waals surface area contributed by atoms with Gasteiger partial charge in [-0.05, 0) is 44.2 Å². The standard InChI is InChI=1S/C22H20BrNO5S/c1-13(2)24-20(25)12-30-19-6-4-3-5-17(19)22(27)28-11-14-9-21(26)29-18-10-15(23)7-8-16(14)18/h3-10,13H,11-12H2,1-2H3,(H,24,25). The summed E-state index contributed by atoms with van der Waals surface area (Å²) in [5.74, 6) is -0.436. The molecule has 0 fully saturated rings. The van der Waals surface area contributed by atoms with Crippen LogP contribution in [0, 0.1) is 0 Å². The number of nitrogens with one attached hydrogen (secondary N) is 1. The molecule has 3 rings (SSSR count). The maximum absolute atomic E-state index is 12.7. The average molecular weight is 490 g/mol. The van der Waals surface area contributed by atoms with Gasteiger partial charge in [-0.15, -0.1) is 11.8 Å². The highest BCUT2D eigenvalue weighted by atomic mass is 79.9. The van der Waals surface area contributed by atoms with Crippen molar-refractivity contribution < 1.29 is 18.7 Å². The lowest BCUT2D eigenvalue weighted by molar-refractivity contribution is -0.119. The summed E-state index contributed by atoms with van der Waals surface area (Å²) in [7, 11) is 0. The van der Waals surface area contributed by atoms with Crippen molar-refractivity contribution in [2.24, 2.45) is 0 Å². The quantitative estimate of drug-likeness (QED) is 0.298.